The van der Waals surface area contributed by atoms with E-state index in [0.29, 0.717) is 17.9 Å². The van der Waals surface area contributed by atoms with Crippen LogP contribution in [0.5, 0.6) is 17.2 Å². The second-order valence-corrected chi connectivity index (χ2v) is 4.91. The van der Waals surface area contributed by atoms with Gasteiger partial charge in [0.05, 0.1) is 14.2 Å². The summed E-state index contributed by atoms with van der Waals surface area (Å²) >= 11 is 0. The van der Waals surface area contributed by atoms with Crippen molar-refractivity contribution in [3.05, 3.63) is 48.5 Å². The van der Waals surface area contributed by atoms with E-state index in [1.165, 1.54) is 0 Å². The molecule has 0 spiro atoms. The van der Waals surface area contributed by atoms with Crippen LogP contribution in [-0.2, 0) is 4.79 Å². The molecule has 0 aliphatic carbocycles. The Labute approximate surface area is 136 Å². The Balaban J connectivity index is 1.99. The van der Waals surface area contributed by atoms with Crippen molar-refractivity contribution in [1.29, 1.82) is 0 Å². The topological polar surface area (TPSA) is 56.8 Å². The molecule has 0 radical (unpaired) electrons. The van der Waals surface area contributed by atoms with Crippen LogP contribution in [0.3, 0.4) is 0 Å². The second-order valence-electron chi connectivity index (χ2n) is 4.91. The molecule has 0 aromatic heterocycles. The van der Waals surface area contributed by atoms with Gasteiger partial charge >= 0.3 is 0 Å². The zero-order chi connectivity index (χ0) is 16.7. The van der Waals surface area contributed by atoms with Gasteiger partial charge in [0.25, 0.3) is 5.91 Å². The molecule has 0 saturated heterocycles. The van der Waals surface area contributed by atoms with Crippen molar-refractivity contribution >= 4 is 11.6 Å². The molecule has 1 unspecified atom stereocenters. The fraction of sp³-hybridized carbons (Fsp3) is 0.278. The molecule has 23 heavy (non-hydrogen) atoms. The lowest BCUT2D eigenvalue weighted by molar-refractivity contribution is -0.122. The van der Waals surface area contributed by atoms with Crippen molar-refractivity contribution in [2.45, 2.75) is 19.4 Å². The van der Waals surface area contributed by atoms with E-state index in [1.807, 2.05) is 6.92 Å². The van der Waals surface area contributed by atoms with Crippen LogP contribution in [0.1, 0.15) is 13.3 Å². The Bertz CT molecular complexity index is 622. The predicted molar refractivity (Wildman–Crippen MR) is 89.3 cm³/mol. The number of rotatable bonds is 7. The average Bonchev–Trinajstić information content (AvgIpc) is 2.60. The number of carbonyl (C=O) groups is 1. The van der Waals surface area contributed by atoms with Gasteiger partial charge in [-0.05, 0) is 55.0 Å². The van der Waals surface area contributed by atoms with Gasteiger partial charge in [-0.15, -0.1) is 0 Å². The highest BCUT2D eigenvalue weighted by Gasteiger charge is 2.18. The van der Waals surface area contributed by atoms with Gasteiger partial charge in [-0.2, -0.15) is 0 Å². The molecule has 2 aromatic carbocycles. The van der Waals surface area contributed by atoms with Gasteiger partial charge in [0.2, 0.25) is 0 Å². The summed E-state index contributed by atoms with van der Waals surface area (Å²) in [5.41, 5.74) is 0.701. The molecule has 0 fully saturated rings. The molecule has 1 atom stereocenters. The van der Waals surface area contributed by atoms with Gasteiger partial charge in [-0.25, -0.2) is 0 Å². The fourth-order valence-corrected chi connectivity index (χ4v) is 2.04. The lowest BCUT2D eigenvalue weighted by Crippen LogP contribution is -2.32. The van der Waals surface area contributed by atoms with Crippen LogP contribution in [-0.4, -0.2) is 26.2 Å². The number of amides is 1. The summed E-state index contributed by atoms with van der Waals surface area (Å²) in [5.74, 6) is 1.92. The summed E-state index contributed by atoms with van der Waals surface area (Å²) in [4.78, 5) is 12.3. The van der Waals surface area contributed by atoms with Gasteiger partial charge in [-0.3, -0.25) is 4.79 Å². The number of hydrogen-bond acceptors (Lipinski definition) is 4. The highest BCUT2D eigenvalue weighted by atomic mass is 16.5. The maximum atomic E-state index is 12.3. The molecule has 0 aliphatic rings. The van der Waals surface area contributed by atoms with Crippen molar-refractivity contribution in [3.63, 3.8) is 0 Å². The minimum atomic E-state index is -0.564. The zero-order valence-electron chi connectivity index (χ0n) is 13.5. The summed E-state index contributed by atoms with van der Waals surface area (Å²) in [6.07, 6.45) is -0.000846. The predicted octanol–water partition coefficient (Wildman–Crippen LogP) is 3.50. The molecule has 2 aromatic rings. The number of methoxy groups -OCH3 is 2. The Morgan fingerprint density at radius 2 is 1.39 bits per heavy atom. The lowest BCUT2D eigenvalue weighted by atomic mass is 10.2. The van der Waals surface area contributed by atoms with E-state index < -0.39 is 6.10 Å². The van der Waals surface area contributed by atoms with Crippen LogP contribution >= 0.6 is 0 Å². The number of ether oxygens (including phenoxy) is 3. The third-order valence-electron chi connectivity index (χ3n) is 3.36. The first-order valence-electron chi connectivity index (χ1n) is 7.42. The number of nitrogens with one attached hydrogen (secondary N) is 1. The Kier molecular flexibility index (Phi) is 5.86. The van der Waals surface area contributed by atoms with Gasteiger partial charge in [-0.1, -0.05) is 6.92 Å². The highest BCUT2D eigenvalue weighted by molar-refractivity contribution is 5.94. The van der Waals surface area contributed by atoms with Crippen molar-refractivity contribution in [2.75, 3.05) is 19.5 Å². The summed E-state index contributed by atoms with van der Waals surface area (Å²) in [6.45, 7) is 1.90. The summed E-state index contributed by atoms with van der Waals surface area (Å²) < 4.78 is 15.9. The van der Waals surface area contributed by atoms with Crippen LogP contribution in [0.2, 0.25) is 0 Å². The van der Waals surface area contributed by atoms with E-state index >= 15 is 0 Å². The maximum absolute atomic E-state index is 12.3. The minimum Gasteiger partial charge on any atom is -0.497 e. The number of benzene rings is 2. The van der Waals surface area contributed by atoms with Gasteiger partial charge in [0.1, 0.15) is 17.2 Å². The first-order valence-corrected chi connectivity index (χ1v) is 7.42. The Morgan fingerprint density at radius 3 is 1.87 bits per heavy atom. The fourth-order valence-electron chi connectivity index (χ4n) is 2.04. The van der Waals surface area contributed by atoms with E-state index in [9.17, 15) is 4.79 Å². The van der Waals surface area contributed by atoms with Crippen LogP contribution < -0.4 is 19.5 Å². The van der Waals surface area contributed by atoms with E-state index in [2.05, 4.69) is 5.32 Å². The maximum Gasteiger partial charge on any atom is 0.265 e. The van der Waals surface area contributed by atoms with Crippen molar-refractivity contribution in [1.82, 2.24) is 0 Å². The summed E-state index contributed by atoms with van der Waals surface area (Å²) in [6, 6.07) is 14.3. The first kappa shape index (κ1) is 16.7. The third kappa shape index (κ3) is 4.64. The van der Waals surface area contributed by atoms with Gasteiger partial charge in [0, 0.05) is 5.69 Å². The zero-order valence-corrected chi connectivity index (χ0v) is 13.5. The SMILES string of the molecule is CCC(Oc1ccc(OC)cc1)C(=O)Nc1ccc(OC)cc1. The molecule has 1 N–H and O–H groups in total. The van der Waals surface area contributed by atoms with Crippen molar-refractivity contribution in [2.24, 2.45) is 0 Å². The standard InChI is InChI=1S/C18H21NO4/c1-4-17(23-16-11-9-15(22-3)10-12-16)18(20)19-13-5-7-14(21-2)8-6-13/h5-12,17H,4H2,1-3H3,(H,19,20). The van der Waals surface area contributed by atoms with E-state index in [0.717, 1.165) is 11.5 Å². The molecule has 122 valence electrons. The molecule has 5 nitrogen and oxygen atoms in total. The molecular weight excluding hydrogens is 294 g/mol. The van der Waals surface area contributed by atoms with Crippen LogP contribution in [0, 0.1) is 0 Å². The summed E-state index contributed by atoms with van der Waals surface area (Å²) in [5, 5.41) is 2.84. The van der Waals surface area contributed by atoms with Crippen LogP contribution in [0.25, 0.3) is 0 Å². The van der Waals surface area contributed by atoms with E-state index in [1.54, 1.807) is 62.8 Å². The smallest absolute Gasteiger partial charge is 0.265 e. The quantitative estimate of drug-likeness (QED) is 0.849. The van der Waals surface area contributed by atoms with Crippen molar-refractivity contribution < 1.29 is 19.0 Å². The molecule has 0 aliphatic heterocycles. The number of hydrogen-bond donors (Lipinski definition) is 1. The normalized spacial score (nSPS) is 11.4. The molecule has 2 rings (SSSR count). The minimum absolute atomic E-state index is 0.187. The monoisotopic (exact) mass is 315 g/mol. The van der Waals surface area contributed by atoms with Crippen LogP contribution in [0.4, 0.5) is 5.69 Å². The van der Waals surface area contributed by atoms with E-state index in [4.69, 9.17) is 14.2 Å². The second kappa shape index (κ2) is 8.08. The summed E-state index contributed by atoms with van der Waals surface area (Å²) in [7, 11) is 3.20. The third-order valence-corrected chi connectivity index (χ3v) is 3.36. The van der Waals surface area contributed by atoms with Gasteiger partial charge in [0.15, 0.2) is 6.10 Å². The largest absolute Gasteiger partial charge is 0.497 e. The van der Waals surface area contributed by atoms with Crippen LogP contribution in [0.15, 0.2) is 48.5 Å². The molecule has 5 heteroatoms. The molecule has 1 amide bonds. The number of anilines is 1. The Morgan fingerprint density at radius 1 is 0.913 bits per heavy atom. The number of carbonyl (C=O) groups excluding carboxylic acids is 1. The molecule has 0 bridgehead atoms. The average molecular weight is 315 g/mol. The van der Waals surface area contributed by atoms with Gasteiger partial charge < -0.3 is 19.5 Å². The molecular formula is C18H21NO4. The lowest BCUT2D eigenvalue weighted by Gasteiger charge is -2.17. The van der Waals surface area contributed by atoms with Crippen molar-refractivity contribution in [3.8, 4) is 17.2 Å². The molecule has 0 saturated carbocycles. The first-order chi connectivity index (χ1) is 11.2. The Hall–Kier alpha value is -2.69. The highest BCUT2D eigenvalue weighted by Crippen LogP contribution is 2.20. The molecule has 0 heterocycles. The van der Waals surface area contributed by atoms with E-state index in [-0.39, 0.29) is 5.91 Å².